The van der Waals surface area contributed by atoms with Gasteiger partial charge in [0.1, 0.15) is 5.75 Å². The van der Waals surface area contributed by atoms with Crippen LogP contribution >= 0.6 is 11.3 Å². The van der Waals surface area contributed by atoms with Crippen LogP contribution in [0.5, 0.6) is 5.75 Å². The smallest absolute Gasteiger partial charge is 0.264 e. The van der Waals surface area contributed by atoms with Crippen LogP contribution in [0.2, 0.25) is 0 Å². The molecule has 0 unspecified atom stereocenters. The third-order valence-corrected chi connectivity index (χ3v) is 4.63. The van der Waals surface area contributed by atoms with Crippen LogP contribution < -0.4 is 4.74 Å². The lowest BCUT2D eigenvalue weighted by Gasteiger charge is -2.28. The van der Waals surface area contributed by atoms with E-state index in [1.165, 1.54) is 11.3 Å². The van der Waals surface area contributed by atoms with Crippen LogP contribution in [-0.4, -0.2) is 28.9 Å². The summed E-state index contributed by atoms with van der Waals surface area (Å²) >= 11 is 1.43. The fraction of sp³-hybridized carbons (Fsp3) is 0.375. The molecule has 2 heterocycles. The highest BCUT2D eigenvalue weighted by molar-refractivity contribution is 7.12. The van der Waals surface area contributed by atoms with E-state index >= 15 is 0 Å². The number of carbonyl (C=O) groups is 1. The van der Waals surface area contributed by atoms with Crippen LogP contribution in [0.15, 0.2) is 35.8 Å². The lowest BCUT2D eigenvalue weighted by molar-refractivity contribution is 0.0675. The standard InChI is InChI=1S/C16H18N2O2S/c1-11(14-5-3-4-8-17-14)18(12-6-7-12)16(19)15-9-13(20-2)10-21-15/h3-5,8-12H,6-7H2,1-2H3/t11-/m0/s1. The van der Waals surface area contributed by atoms with Gasteiger partial charge < -0.3 is 9.64 Å². The van der Waals surface area contributed by atoms with Gasteiger partial charge in [0.25, 0.3) is 5.91 Å². The second kappa shape index (κ2) is 5.85. The Morgan fingerprint density at radius 1 is 1.48 bits per heavy atom. The number of amides is 1. The van der Waals surface area contributed by atoms with E-state index in [9.17, 15) is 4.79 Å². The van der Waals surface area contributed by atoms with Crippen molar-refractivity contribution in [1.82, 2.24) is 9.88 Å². The second-order valence-electron chi connectivity index (χ2n) is 5.22. The minimum absolute atomic E-state index is 0.0145. The van der Waals surface area contributed by atoms with Crippen LogP contribution in [0.3, 0.4) is 0 Å². The topological polar surface area (TPSA) is 42.4 Å². The van der Waals surface area contributed by atoms with Crippen LogP contribution in [0.4, 0.5) is 0 Å². The lowest BCUT2D eigenvalue weighted by atomic mass is 10.1. The van der Waals surface area contributed by atoms with Crippen LogP contribution in [0.25, 0.3) is 0 Å². The molecule has 21 heavy (non-hydrogen) atoms. The SMILES string of the molecule is COc1csc(C(=O)N(C2CC2)[C@@H](C)c2ccccn2)c1. The van der Waals surface area contributed by atoms with Gasteiger partial charge in [-0.05, 0) is 31.9 Å². The average molecular weight is 302 g/mol. The molecule has 2 aromatic rings. The first-order valence-corrected chi connectivity index (χ1v) is 7.95. The third kappa shape index (κ3) is 2.93. The molecule has 0 N–H and O–H groups in total. The molecule has 1 fully saturated rings. The molecule has 1 atom stereocenters. The van der Waals surface area contributed by atoms with Crippen molar-refractivity contribution < 1.29 is 9.53 Å². The number of thiophene rings is 1. The summed E-state index contributed by atoms with van der Waals surface area (Å²) < 4.78 is 5.17. The van der Waals surface area contributed by atoms with Crippen molar-refractivity contribution in [3.8, 4) is 5.75 Å². The van der Waals surface area contributed by atoms with Crippen molar-refractivity contribution in [2.24, 2.45) is 0 Å². The third-order valence-electron chi connectivity index (χ3n) is 3.73. The van der Waals surface area contributed by atoms with Gasteiger partial charge in [-0.2, -0.15) is 0 Å². The van der Waals surface area contributed by atoms with Gasteiger partial charge in [-0.3, -0.25) is 9.78 Å². The summed E-state index contributed by atoms with van der Waals surface area (Å²) in [5.41, 5.74) is 0.932. The Labute approximate surface area is 128 Å². The fourth-order valence-electron chi connectivity index (χ4n) is 2.44. The van der Waals surface area contributed by atoms with Gasteiger partial charge in [-0.25, -0.2) is 0 Å². The molecule has 1 saturated carbocycles. The number of rotatable bonds is 5. The number of hydrogen-bond donors (Lipinski definition) is 0. The first-order chi connectivity index (χ1) is 10.2. The minimum atomic E-state index is -0.0145. The number of aromatic nitrogens is 1. The zero-order valence-corrected chi connectivity index (χ0v) is 13.0. The summed E-state index contributed by atoms with van der Waals surface area (Å²) in [4.78, 5) is 19.9. The van der Waals surface area contributed by atoms with Crippen molar-refractivity contribution in [2.45, 2.75) is 31.8 Å². The molecule has 0 aliphatic heterocycles. The predicted molar refractivity (Wildman–Crippen MR) is 82.7 cm³/mol. The molecule has 110 valence electrons. The van der Waals surface area contributed by atoms with Crippen LogP contribution in [0.1, 0.15) is 41.2 Å². The summed E-state index contributed by atoms with van der Waals surface area (Å²) in [6.07, 6.45) is 3.92. The predicted octanol–water partition coefficient (Wildman–Crippen LogP) is 3.52. The largest absolute Gasteiger partial charge is 0.496 e. The van der Waals surface area contributed by atoms with E-state index in [1.54, 1.807) is 13.3 Å². The maximum atomic E-state index is 12.8. The molecule has 0 saturated heterocycles. The Hall–Kier alpha value is -1.88. The van der Waals surface area contributed by atoms with Crippen molar-refractivity contribution in [2.75, 3.05) is 7.11 Å². The fourth-order valence-corrected chi connectivity index (χ4v) is 3.24. The number of ether oxygens (including phenoxy) is 1. The first kappa shape index (κ1) is 14.1. The van der Waals surface area contributed by atoms with E-state index in [0.29, 0.717) is 6.04 Å². The number of nitrogens with zero attached hydrogens (tertiary/aromatic N) is 2. The average Bonchev–Trinajstić information content (AvgIpc) is 3.23. The van der Waals surface area contributed by atoms with E-state index in [2.05, 4.69) is 4.98 Å². The van der Waals surface area contributed by atoms with E-state index in [1.807, 2.05) is 41.5 Å². The Balaban J connectivity index is 1.86. The highest BCUT2D eigenvalue weighted by Gasteiger charge is 2.37. The molecule has 1 amide bonds. The van der Waals surface area contributed by atoms with E-state index < -0.39 is 0 Å². The lowest BCUT2D eigenvalue weighted by Crippen LogP contribution is -2.35. The van der Waals surface area contributed by atoms with Gasteiger partial charge in [0.05, 0.1) is 23.7 Å². The van der Waals surface area contributed by atoms with Gasteiger partial charge in [-0.15, -0.1) is 11.3 Å². The van der Waals surface area contributed by atoms with Crippen molar-refractivity contribution in [1.29, 1.82) is 0 Å². The zero-order valence-electron chi connectivity index (χ0n) is 12.2. The number of pyridine rings is 1. The van der Waals surface area contributed by atoms with Crippen LogP contribution in [-0.2, 0) is 0 Å². The molecule has 4 nitrogen and oxygen atoms in total. The van der Waals surface area contributed by atoms with Gasteiger partial charge >= 0.3 is 0 Å². The Morgan fingerprint density at radius 2 is 2.29 bits per heavy atom. The minimum Gasteiger partial charge on any atom is -0.496 e. The monoisotopic (exact) mass is 302 g/mol. The quantitative estimate of drug-likeness (QED) is 0.848. The number of carbonyl (C=O) groups excluding carboxylic acids is 1. The van der Waals surface area contributed by atoms with Crippen molar-refractivity contribution in [3.63, 3.8) is 0 Å². The molecule has 0 aromatic carbocycles. The first-order valence-electron chi connectivity index (χ1n) is 7.07. The summed E-state index contributed by atoms with van der Waals surface area (Å²) in [6, 6.07) is 7.96. The maximum Gasteiger partial charge on any atom is 0.264 e. The Morgan fingerprint density at radius 3 is 2.86 bits per heavy atom. The van der Waals surface area contributed by atoms with E-state index in [0.717, 1.165) is 29.2 Å². The van der Waals surface area contributed by atoms with Gasteiger partial charge in [-0.1, -0.05) is 6.07 Å². The molecule has 0 radical (unpaired) electrons. The number of hydrogen-bond acceptors (Lipinski definition) is 4. The normalized spacial score (nSPS) is 15.5. The summed E-state index contributed by atoms with van der Waals surface area (Å²) in [7, 11) is 1.62. The molecule has 1 aliphatic carbocycles. The highest BCUT2D eigenvalue weighted by atomic mass is 32.1. The Bertz CT molecular complexity index is 622. The second-order valence-corrected chi connectivity index (χ2v) is 6.14. The van der Waals surface area contributed by atoms with Crippen molar-refractivity contribution >= 4 is 17.2 Å². The maximum absolute atomic E-state index is 12.8. The molecular formula is C16H18N2O2S. The molecule has 1 aliphatic rings. The van der Waals surface area contributed by atoms with Gasteiger partial charge in [0, 0.05) is 23.7 Å². The highest BCUT2D eigenvalue weighted by Crippen LogP contribution is 2.36. The summed E-state index contributed by atoms with van der Waals surface area (Å²) in [5.74, 6) is 0.813. The summed E-state index contributed by atoms with van der Waals surface area (Å²) in [6.45, 7) is 2.05. The molecular weight excluding hydrogens is 284 g/mol. The molecule has 0 bridgehead atoms. The summed E-state index contributed by atoms with van der Waals surface area (Å²) in [5, 5.41) is 1.86. The Kier molecular flexibility index (Phi) is 3.92. The zero-order chi connectivity index (χ0) is 14.8. The van der Waals surface area contributed by atoms with Crippen molar-refractivity contribution in [3.05, 3.63) is 46.4 Å². The molecule has 5 heteroatoms. The number of methoxy groups -OCH3 is 1. The molecule has 3 rings (SSSR count). The molecule has 0 spiro atoms. The van der Waals surface area contributed by atoms with E-state index in [-0.39, 0.29) is 11.9 Å². The molecule has 2 aromatic heterocycles. The van der Waals surface area contributed by atoms with Gasteiger partial charge in [0.2, 0.25) is 0 Å². The van der Waals surface area contributed by atoms with Gasteiger partial charge in [0.15, 0.2) is 0 Å². The van der Waals surface area contributed by atoms with E-state index in [4.69, 9.17) is 4.74 Å². The van der Waals surface area contributed by atoms with Crippen LogP contribution in [0, 0.1) is 0 Å².